The van der Waals surface area contributed by atoms with Crippen LogP contribution >= 0.6 is 0 Å². The van der Waals surface area contributed by atoms with Crippen molar-refractivity contribution in [2.75, 3.05) is 18.4 Å². The lowest BCUT2D eigenvalue weighted by Crippen LogP contribution is -2.54. The predicted octanol–water partition coefficient (Wildman–Crippen LogP) is 2.88. The van der Waals surface area contributed by atoms with Gasteiger partial charge in [-0.15, -0.1) is 0 Å². The summed E-state index contributed by atoms with van der Waals surface area (Å²) in [7, 11) is 0. The second-order valence-electron chi connectivity index (χ2n) is 10.4. The van der Waals surface area contributed by atoms with Gasteiger partial charge in [-0.3, -0.25) is 29.4 Å². The Morgan fingerprint density at radius 2 is 1.43 bits per heavy atom. The summed E-state index contributed by atoms with van der Waals surface area (Å²) in [6, 6.07) is 11.0. The Morgan fingerprint density at radius 3 is 1.98 bits per heavy atom. The SMILES string of the molecule is CCN(CC)C(NC(C)=O)C(O)Cc1ccc2[nH]cc(C3=C(c4c[nH]c5ccc(NC(C)=O)cc45)C(=O)NC3=O)c2c1. The number of carbonyl (C=O) groups is 4. The number of aliphatic hydroxyl groups is 1. The fourth-order valence-electron chi connectivity index (χ4n) is 5.69. The molecule has 4 amide bonds. The molecular formula is C31H34N6O5. The van der Waals surface area contributed by atoms with Crippen LogP contribution in [0.25, 0.3) is 33.0 Å². The molecule has 0 radical (unpaired) electrons. The molecule has 2 atom stereocenters. The van der Waals surface area contributed by atoms with Crippen molar-refractivity contribution in [1.82, 2.24) is 25.5 Å². The van der Waals surface area contributed by atoms with E-state index in [0.29, 0.717) is 35.3 Å². The molecule has 2 aromatic heterocycles. The summed E-state index contributed by atoms with van der Waals surface area (Å²) >= 11 is 0. The summed E-state index contributed by atoms with van der Waals surface area (Å²) in [5, 5.41) is 20.6. The highest BCUT2D eigenvalue weighted by Gasteiger charge is 2.35. The molecule has 42 heavy (non-hydrogen) atoms. The van der Waals surface area contributed by atoms with Crippen LogP contribution in [-0.4, -0.2) is 69.0 Å². The molecule has 2 aromatic carbocycles. The molecule has 0 bridgehead atoms. The number of aromatic amines is 2. The van der Waals surface area contributed by atoms with Crippen molar-refractivity contribution in [2.24, 2.45) is 0 Å². The lowest BCUT2D eigenvalue weighted by atomic mass is 9.94. The van der Waals surface area contributed by atoms with Gasteiger partial charge in [0.05, 0.1) is 17.3 Å². The largest absolute Gasteiger partial charge is 0.389 e. The summed E-state index contributed by atoms with van der Waals surface area (Å²) in [6.07, 6.45) is 2.20. The Bertz CT molecular complexity index is 1740. The van der Waals surface area contributed by atoms with E-state index in [1.807, 2.05) is 36.9 Å². The summed E-state index contributed by atoms with van der Waals surface area (Å²) in [4.78, 5) is 58.2. The first-order valence-corrected chi connectivity index (χ1v) is 13.9. The van der Waals surface area contributed by atoms with Gasteiger partial charge in [0.2, 0.25) is 11.8 Å². The Kier molecular flexibility index (Phi) is 7.97. The molecule has 3 heterocycles. The number of aromatic nitrogens is 2. The number of H-pyrrole nitrogens is 2. The van der Waals surface area contributed by atoms with Crippen LogP contribution in [0.1, 0.15) is 44.4 Å². The van der Waals surface area contributed by atoms with Crippen LogP contribution in [0.2, 0.25) is 0 Å². The van der Waals surface area contributed by atoms with E-state index in [2.05, 4.69) is 25.9 Å². The monoisotopic (exact) mass is 570 g/mol. The molecule has 11 heteroatoms. The van der Waals surface area contributed by atoms with Crippen molar-refractivity contribution in [3.05, 3.63) is 65.5 Å². The maximum Gasteiger partial charge on any atom is 0.259 e. The minimum absolute atomic E-state index is 0.222. The molecule has 5 rings (SSSR count). The minimum Gasteiger partial charge on any atom is -0.389 e. The van der Waals surface area contributed by atoms with Gasteiger partial charge >= 0.3 is 0 Å². The van der Waals surface area contributed by atoms with Crippen LogP contribution in [0.15, 0.2) is 48.8 Å². The highest BCUT2D eigenvalue weighted by atomic mass is 16.3. The number of rotatable bonds is 10. The van der Waals surface area contributed by atoms with Gasteiger partial charge in [-0.1, -0.05) is 19.9 Å². The summed E-state index contributed by atoms with van der Waals surface area (Å²) in [5.41, 5.74) is 4.42. The number of amides is 4. The average molecular weight is 571 g/mol. The minimum atomic E-state index is -0.885. The number of fused-ring (bicyclic) bond motifs is 2. The zero-order chi connectivity index (χ0) is 30.1. The first kappa shape index (κ1) is 28.8. The average Bonchev–Trinajstić information content (AvgIpc) is 3.62. The summed E-state index contributed by atoms with van der Waals surface area (Å²) < 4.78 is 0. The number of imide groups is 1. The molecular weight excluding hydrogens is 536 g/mol. The predicted molar refractivity (Wildman–Crippen MR) is 161 cm³/mol. The zero-order valence-corrected chi connectivity index (χ0v) is 23.9. The van der Waals surface area contributed by atoms with Crippen LogP contribution in [-0.2, 0) is 25.6 Å². The van der Waals surface area contributed by atoms with Crippen LogP contribution in [0, 0.1) is 0 Å². The molecule has 0 saturated heterocycles. The van der Waals surface area contributed by atoms with E-state index in [1.54, 1.807) is 30.6 Å². The maximum atomic E-state index is 13.2. The van der Waals surface area contributed by atoms with Crippen molar-refractivity contribution in [3.63, 3.8) is 0 Å². The molecule has 1 aliphatic rings. The van der Waals surface area contributed by atoms with Crippen molar-refractivity contribution >= 4 is 62.3 Å². The van der Waals surface area contributed by atoms with Crippen LogP contribution in [0.5, 0.6) is 0 Å². The quantitative estimate of drug-likeness (QED) is 0.127. The number of benzene rings is 2. The number of carbonyl (C=O) groups excluding carboxylic acids is 4. The van der Waals surface area contributed by atoms with Gasteiger partial charge in [0.1, 0.15) is 6.17 Å². The number of nitrogens with zero attached hydrogens (tertiary/aromatic N) is 1. The van der Waals surface area contributed by atoms with Crippen molar-refractivity contribution in [3.8, 4) is 0 Å². The molecule has 0 saturated carbocycles. The lowest BCUT2D eigenvalue weighted by Gasteiger charge is -2.33. The molecule has 0 aliphatic carbocycles. The van der Waals surface area contributed by atoms with Gasteiger partial charge in [0.15, 0.2) is 0 Å². The Hall–Kier alpha value is -4.74. The fourth-order valence-corrected chi connectivity index (χ4v) is 5.69. The van der Waals surface area contributed by atoms with Crippen LogP contribution in [0.3, 0.4) is 0 Å². The molecule has 0 spiro atoms. The topological polar surface area (TPSA) is 159 Å². The Labute approximate surface area is 242 Å². The van der Waals surface area contributed by atoms with Gasteiger partial charge in [-0.2, -0.15) is 0 Å². The normalized spacial score (nSPS) is 15.0. The summed E-state index contributed by atoms with van der Waals surface area (Å²) in [6.45, 7) is 8.09. The van der Waals surface area contributed by atoms with E-state index in [9.17, 15) is 24.3 Å². The van der Waals surface area contributed by atoms with Gasteiger partial charge in [0, 0.05) is 71.3 Å². The van der Waals surface area contributed by atoms with E-state index in [4.69, 9.17) is 0 Å². The number of anilines is 1. The third-order valence-electron chi connectivity index (χ3n) is 7.58. The van der Waals surface area contributed by atoms with E-state index in [0.717, 1.165) is 22.0 Å². The van der Waals surface area contributed by atoms with Crippen LogP contribution < -0.4 is 16.0 Å². The second-order valence-corrected chi connectivity index (χ2v) is 10.4. The van der Waals surface area contributed by atoms with E-state index >= 15 is 0 Å². The number of nitrogens with one attached hydrogen (secondary N) is 5. The van der Waals surface area contributed by atoms with Crippen LogP contribution in [0.4, 0.5) is 5.69 Å². The Balaban J connectivity index is 1.57. The number of aliphatic hydroxyl groups excluding tert-OH is 1. The molecule has 2 unspecified atom stereocenters. The first-order valence-electron chi connectivity index (χ1n) is 13.9. The van der Waals surface area contributed by atoms with E-state index in [-0.39, 0.29) is 29.4 Å². The van der Waals surface area contributed by atoms with Crippen molar-refractivity contribution in [1.29, 1.82) is 0 Å². The number of hydrogen-bond acceptors (Lipinski definition) is 6. The first-order chi connectivity index (χ1) is 20.1. The number of hydrogen-bond donors (Lipinski definition) is 6. The fraction of sp³-hybridized carbons (Fsp3) is 0.290. The molecule has 218 valence electrons. The summed E-state index contributed by atoms with van der Waals surface area (Å²) in [5.74, 6) is -1.48. The van der Waals surface area contributed by atoms with Gasteiger partial charge in [0.25, 0.3) is 11.8 Å². The second kappa shape index (κ2) is 11.6. The van der Waals surface area contributed by atoms with Gasteiger partial charge in [-0.05, 0) is 49.0 Å². The van der Waals surface area contributed by atoms with Gasteiger partial charge < -0.3 is 25.7 Å². The Morgan fingerprint density at radius 1 is 0.857 bits per heavy atom. The van der Waals surface area contributed by atoms with Crippen molar-refractivity contribution < 1.29 is 24.3 Å². The number of likely N-dealkylation sites (N-methyl/N-ethyl adjacent to an activating group) is 1. The smallest absolute Gasteiger partial charge is 0.259 e. The molecule has 6 N–H and O–H groups in total. The molecule has 11 nitrogen and oxygen atoms in total. The van der Waals surface area contributed by atoms with Crippen molar-refractivity contribution in [2.45, 2.75) is 46.4 Å². The highest BCUT2D eigenvalue weighted by Crippen LogP contribution is 2.38. The third kappa shape index (κ3) is 5.44. The standard InChI is InChI=1S/C31H34N6O5/c1-5-37(6-2)29(35-17(4)39)26(40)12-18-7-9-24-20(11-18)22(14-32-24)27-28(31(42)36-30(27)41)23-15-33-25-10-8-19(13-21(23)25)34-16(3)38/h7-11,13-15,26,29,32-33,40H,5-6,12H2,1-4H3,(H,34,38)(H,35,39)(H,36,41,42). The lowest BCUT2D eigenvalue weighted by molar-refractivity contribution is -0.123. The zero-order valence-electron chi connectivity index (χ0n) is 23.9. The molecule has 1 aliphatic heterocycles. The van der Waals surface area contributed by atoms with Gasteiger partial charge in [-0.25, -0.2) is 0 Å². The maximum absolute atomic E-state index is 13.2. The molecule has 4 aromatic rings. The third-order valence-corrected chi connectivity index (χ3v) is 7.58. The van der Waals surface area contributed by atoms with E-state index in [1.165, 1.54) is 13.8 Å². The van der Waals surface area contributed by atoms with E-state index < -0.39 is 24.1 Å². The molecule has 0 fully saturated rings. The highest BCUT2D eigenvalue weighted by molar-refractivity contribution is 6.50.